The fraction of sp³-hybridized carbons (Fsp3) is 0.778. The van der Waals surface area contributed by atoms with Gasteiger partial charge in [0.1, 0.15) is 0 Å². The number of aromatic nitrogens is 2. The van der Waals surface area contributed by atoms with Crippen molar-refractivity contribution < 1.29 is 12.9 Å². The molecule has 0 aromatic carbocycles. The van der Waals surface area contributed by atoms with Gasteiger partial charge in [-0.15, -0.1) is 0 Å². The van der Waals surface area contributed by atoms with Crippen molar-refractivity contribution in [1.82, 2.24) is 19.2 Å². The molecule has 0 bridgehead atoms. The third kappa shape index (κ3) is 3.48. The van der Waals surface area contributed by atoms with E-state index in [1.807, 2.05) is 0 Å². The van der Waals surface area contributed by atoms with E-state index in [1.54, 1.807) is 27.7 Å². The predicted molar refractivity (Wildman–Crippen MR) is 62.4 cm³/mol. The molecule has 0 aliphatic carbocycles. The average Bonchev–Trinajstić information content (AvgIpc) is 2.63. The van der Waals surface area contributed by atoms with Gasteiger partial charge in [0.05, 0.1) is 6.04 Å². The molecule has 1 N–H and O–H groups in total. The zero-order valence-corrected chi connectivity index (χ0v) is 11.4. The van der Waals surface area contributed by atoms with Crippen LogP contribution in [0.5, 0.6) is 0 Å². The van der Waals surface area contributed by atoms with Crippen LogP contribution in [-0.2, 0) is 10.2 Å². The molecule has 0 aliphatic rings. The lowest BCUT2D eigenvalue weighted by Crippen LogP contribution is -2.42. The molecule has 1 heterocycles. The summed E-state index contributed by atoms with van der Waals surface area (Å²) in [7, 11) is -2.03. The summed E-state index contributed by atoms with van der Waals surface area (Å²) in [5, 5.41) is 3.61. The van der Waals surface area contributed by atoms with E-state index in [-0.39, 0.29) is 11.9 Å². The molecule has 0 fully saturated rings. The van der Waals surface area contributed by atoms with Gasteiger partial charge in [-0.05, 0) is 27.7 Å². The van der Waals surface area contributed by atoms with Crippen molar-refractivity contribution >= 4 is 10.2 Å². The van der Waals surface area contributed by atoms with Gasteiger partial charge in [-0.3, -0.25) is 0 Å². The molecule has 1 aromatic rings. The maximum atomic E-state index is 11.9. The van der Waals surface area contributed by atoms with Crippen LogP contribution < -0.4 is 4.72 Å². The van der Waals surface area contributed by atoms with Crippen LogP contribution in [0.3, 0.4) is 0 Å². The summed E-state index contributed by atoms with van der Waals surface area (Å²) in [5.41, 5.74) is 0. The molecule has 1 aromatic heterocycles. The van der Waals surface area contributed by atoms with Gasteiger partial charge in [-0.25, -0.2) is 0 Å². The number of nitrogens with zero attached hydrogens (tertiary/aromatic N) is 3. The molecule has 0 radical (unpaired) electrons. The Bertz CT molecular complexity index is 468. The van der Waals surface area contributed by atoms with Crippen molar-refractivity contribution in [3.8, 4) is 0 Å². The van der Waals surface area contributed by atoms with Gasteiger partial charge in [0.2, 0.25) is 5.89 Å². The van der Waals surface area contributed by atoms with Gasteiger partial charge in [0, 0.05) is 13.1 Å². The maximum absolute atomic E-state index is 11.9. The zero-order valence-electron chi connectivity index (χ0n) is 10.6. The van der Waals surface area contributed by atoms with E-state index >= 15 is 0 Å². The van der Waals surface area contributed by atoms with E-state index in [0.29, 0.717) is 5.82 Å². The third-order valence-corrected chi connectivity index (χ3v) is 4.18. The lowest BCUT2D eigenvalue weighted by atomic mass is 10.4. The smallest absolute Gasteiger partial charge is 0.280 e. The Kier molecular flexibility index (Phi) is 4.23. The van der Waals surface area contributed by atoms with Crippen molar-refractivity contribution in [3.05, 3.63) is 11.7 Å². The molecule has 0 saturated heterocycles. The second kappa shape index (κ2) is 5.11. The zero-order chi connectivity index (χ0) is 13.2. The molecule has 0 aliphatic heterocycles. The summed E-state index contributed by atoms with van der Waals surface area (Å²) in [5.74, 6) is 0.728. The van der Waals surface area contributed by atoms with E-state index < -0.39 is 16.3 Å². The quantitative estimate of drug-likeness (QED) is 0.840. The largest absolute Gasteiger partial charge is 0.338 e. The highest BCUT2D eigenvalue weighted by Gasteiger charge is 2.25. The standard InChI is InChI=1S/C9H18N4O3S/c1-6(2)13(5)17(14,15)12-7(3)9-10-8(4)11-16-9/h6-7,12H,1-5H3. The van der Waals surface area contributed by atoms with Gasteiger partial charge in [-0.1, -0.05) is 5.16 Å². The van der Waals surface area contributed by atoms with E-state index in [4.69, 9.17) is 4.52 Å². The van der Waals surface area contributed by atoms with Crippen LogP contribution in [0.15, 0.2) is 4.52 Å². The lowest BCUT2D eigenvalue weighted by Gasteiger charge is -2.22. The monoisotopic (exact) mass is 262 g/mol. The molecular weight excluding hydrogens is 244 g/mol. The van der Waals surface area contributed by atoms with E-state index in [2.05, 4.69) is 14.9 Å². The van der Waals surface area contributed by atoms with Crippen LogP contribution in [0.4, 0.5) is 0 Å². The second-order valence-corrected chi connectivity index (χ2v) is 5.90. The summed E-state index contributed by atoms with van der Waals surface area (Å²) in [6, 6.07) is -0.675. The Hall–Kier alpha value is -0.990. The van der Waals surface area contributed by atoms with Crippen LogP contribution in [0.2, 0.25) is 0 Å². The first kappa shape index (κ1) is 14.1. The minimum absolute atomic E-state index is 0.121. The number of aryl methyl sites for hydroxylation is 1. The van der Waals surface area contributed by atoms with Crippen LogP contribution in [0.1, 0.15) is 38.5 Å². The molecular formula is C9H18N4O3S. The molecule has 0 amide bonds. The summed E-state index contributed by atoms with van der Waals surface area (Å²) in [6.07, 6.45) is 0. The summed E-state index contributed by atoms with van der Waals surface area (Å²) in [4.78, 5) is 3.98. The Morgan fingerprint density at radius 2 is 1.94 bits per heavy atom. The first-order valence-corrected chi connectivity index (χ1v) is 6.73. The second-order valence-electron chi connectivity index (χ2n) is 4.13. The van der Waals surface area contributed by atoms with Crippen LogP contribution in [0, 0.1) is 6.92 Å². The minimum atomic E-state index is -3.54. The Labute approximate surface area is 101 Å². The van der Waals surface area contributed by atoms with Crippen LogP contribution >= 0.6 is 0 Å². The third-order valence-electron chi connectivity index (χ3n) is 2.35. The first-order chi connectivity index (χ1) is 7.74. The molecule has 8 heteroatoms. The van der Waals surface area contributed by atoms with E-state index in [1.165, 1.54) is 11.4 Å². The number of hydrogen-bond acceptors (Lipinski definition) is 5. The number of rotatable bonds is 5. The fourth-order valence-electron chi connectivity index (χ4n) is 1.12. The van der Waals surface area contributed by atoms with Crippen molar-refractivity contribution in [3.63, 3.8) is 0 Å². The van der Waals surface area contributed by atoms with Gasteiger partial charge >= 0.3 is 0 Å². The SMILES string of the molecule is Cc1noc(C(C)NS(=O)(=O)N(C)C(C)C)n1. The van der Waals surface area contributed by atoms with Crippen molar-refractivity contribution in [2.24, 2.45) is 0 Å². The van der Waals surface area contributed by atoms with Crippen molar-refractivity contribution in [1.29, 1.82) is 0 Å². The van der Waals surface area contributed by atoms with Crippen molar-refractivity contribution in [2.45, 2.75) is 39.8 Å². The molecule has 7 nitrogen and oxygen atoms in total. The number of hydrogen-bond donors (Lipinski definition) is 1. The molecule has 98 valence electrons. The van der Waals surface area contributed by atoms with Crippen molar-refractivity contribution in [2.75, 3.05) is 7.05 Å². The normalized spacial score (nSPS) is 14.5. The van der Waals surface area contributed by atoms with Crippen LogP contribution in [0.25, 0.3) is 0 Å². The highest BCUT2D eigenvalue weighted by atomic mass is 32.2. The minimum Gasteiger partial charge on any atom is -0.338 e. The molecule has 0 saturated carbocycles. The number of nitrogens with one attached hydrogen (secondary N) is 1. The van der Waals surface area contributed by atoms with Gasteiger partial charge in [-0.2, -0.15) is 22.4 Å². The van der Waals surface area contributed by atoms with Gasteiger partial charge < -0.3 is 4.52 Å². The first-order valence-electron chi connectivity index (χ1n) is 5.29. The van der Waals surface area contributed by atoms with Crippen LogP contribution in [-0.4, -0.2) is 36.0 Å². The molecule has 1 unspecified atom stereocenters. The summed E-state index contributed by atoms with van der Waals surface area (Å²) >= 11 is 0. The highest BCUT2D eigenvalue weighted by molar-refractivity contribution is 7.87. The lowest BCUT2D eigenvalue weighted by molar-refractivity contribution is 0.343. The Balaban J connectivity index is 2.78. The molecule has 1 atom stereocenters. The predicted octanol–water partition coefficient (Wildman–Crippen LogP) is 0.614. The Morgan fingerprint density at radius 1 is 1.35 bits per heavy atom. The van der Waals surface area contributed by atoms with Gasteiger partial charge in [0.15, 0.2) is 5.82 Å². The highest BCUT2D eigenvalue weighted by Crippen LogP contribution is 2.12. The van der Waals surface area contributed by atoms with Gasteiger partial charge in [0.25, 0.3) is 10.2 Å². The molecule has 17 heavy (non-hydrogen) atoms. The fourth-order valence-corrected chi connectivity index (χ4v) is 2.39. The van der Waals surface area contributed by atoms with E-state index in [0.717, 1.165) is 0 Å². The molecule has 1 rings (SSSR count). The topological polar surface area (TPSA) is 88.3 Å². The average molecular weight is 262 g/mol. The summed E-state index contributed by atoms with van der Waals surface area (Å²) in [6.45, 7) is 6.91. The Morgan fingerprint density at radius 3 is 2.35 bits per heavy atom. The molecule has 0 spiro atoms. The van der Waals surface area contributed by atoms with E-state index in [9.17, 15) is 8.42 Å². The summed E-state index contributed by atoms with van der Waals surface area (Å²) < 4.78 is 32.4. The maximum Gasteiger partial charge on any atom is 0.280 e.